The Morgan fingerprint density at radius 2 is 1.79 bits per heavy atom. The highest BCUT2D eigenvalue weighted by atomic mass is 32.1. The number of ether oxygens (including phenoxy) is 1. The minimum absolute atomic E-state index is 0.240. The van der Waals surface area contributed by atoms with Gasteiger partial charge in [0, 0.05) is 0 Å². The van der Waals surface area contributed by atoms with E-state index in [1.54, 1.807) is 13.1 Å². The molecule has 0 saturated carbocycles. The van der Waals surface area contributed by atoms with Crippen LogP contribution < -0.4 is 10.7 Å². The minimum atomic E-state index is -0.682. The van der Waals surface area contributed by atoms with Crippen LogP contribution in [0, 0.1) is 0 Å². The van der Waals surface area contributed by atoms with Crippen molar-refractivity contribution in [1.29, 1.82) is 0 Å². The molecule has 0 aliphatic rings. The molecule has 2 N–H and O–H groups in total. The average Bonchev–Trinajstić information content (AvgIpc) is 2.61. The quantitative estimate of drug-likeness (QED) is 0.366. The summed E-state index contributed by atoms with van der Waals surface area (Å²) in [4.78, 5) is 12.2. The first kappa shape index (κ1) is 17.6. The summed E-state index contributed by atoms with van der Waals surface area (Å²) in [6, 6.07) is 18.2. The normalized spacial score (nSPS) is 11.7. The Kier molecular flexibility index (Phi) is 6.91. The second-order valence-corrected chi connectivity index (χ2v) is 5.26. The van der Waals surface area contributed by atoms with Crippen LogP contribution in [0.25, 0.3) is 0 Å². The van der Waals surface area contributed by atoms with Crippen LogP contribution in [0.15, 0.2) is 65.8 Å². The third kappa shape index (κ3) is 5.48. The average molecular weight is 341 g/mol. The first-order valence-corrected chi connectivity index (χ1v) is 7.97. The van der Waals surface area contributed by atoms with Gasteiger partial charge in [-0.25, -0.2) is 4.79 Å². The van der Waals surface area contributed by atoms with Crippen LogP contribution in [-0.2, 0) is 9.53 Å². The van der Waals surface area contributed by atoms with Gasteiger partial charge in [0.2, 0.25) is 0 Å². The van der Waals surface area contributed by atoms with Gasteiger partial charge in [0.15, 0.2) is 11.2 Å². The van der Waals surface area contributed by atoms with E-state index in [1.165, 1.54) is 0 Å². The molecule has 2 aromatic rings. The molecular formula is C18H19N3O2S. The van der Waals surface area contributed by atoms with Gasteiger partial charge in [-0.3, -0.25) is 5.43 Å². The van der Waals surface area contributed by atoms with E-state index in [1.807, 2.05) is 60.7 Å². The zero-order chi connectivity index (χ0) is 17.2. The Morgan fingerprint density at radius 3 is 2.42 bits per heavy atom. The maximum Gasteiger partial charge on any atom is 0.333 e. The van der Waals surface area contributed by atoms with Gasteiger partial charge in [0.1, 0.15) is 0 Å². The molecule has 0 fully saturated rings. The molecule has 0 aliphatic carbocycles. The SMILES string of the molecule is CCOC(=O)C(NC(=S)NN=Cc1ccccc1)c1ccccc1. The lowest BCUT2D eigenvalue weighted by Gasteiger charge is -2.18. The Morgan fingerprint density at radius 1 is 1.17 bits per heavy atom. The van der Waals surface area contributed by atoms with E-state index in [0.717, 1.165) is 11.1 Å². The third-order valence-electron chi connectivity index (χ3n) is 3.11. The van der Waals surface area contributed by atoms with Gasteiger partial charge in [-0.05, 0) is 30.3 Å². The van der Waals surface area contributed by atoms with E-state index >= 15 is 0 Å². The number of carbonyl (C=O) groups is 1. The number of hydrazone groups is 1. The summed E-state index contributed by atoms with van der Waals surface area (Å²) in [5.74, 6) is -0.389. The predicted octanol–water partition coefficient (Wildman–Crippen LogP) is 2.79. The molecule has 0 amide bonds. The van der Waals surface area contributed by atoms with Crippen LogP contribution in [0.3, 0.4) is 0 Å². The van der Waals surface area contributed by atoms with Crippen molar-refractivity contribution in [2.75, 3.05) is 6.61 Å². The summed E-state index contributed by atoms with van der Waals surface area (Å²) in [6.07, 6.45) is 1.65. The van der Waals surface area contributed by atoms with E-state index in [2.05, 4.69) is 15.8 Å². The van der Waals surface area contributed by atoms with Gasteiger partial charge in [-0.2, -0.15) is 5.10 Å². The zero-order valence-electron chi connectivity index (χ0n) is 13.3. The molecule has 5 nitrogen and oxygen atoms in total. The lowest BCUT2D eigenvalue weighted by Crippen LogP contribution is -2.39. The molecule has 124 valence electrons. The first-order chi connectivity index (χ1) is 11.7. The lowest BCUT2D eigenvalue weighted by atomic mass is 10.1. The van der Waals surface area contributed by atoms with E-state index in [9.17, 15) is 4.79 Å². The summed E-state index contributed by atoms with van der Waals surface area (Å²) in [7, 11) is 0. The Balaban J connectivity index is 1.99. The van der Waals surface area contributed by atoms with Crippen molar-refractivity contribution in [2.45, 2.75) is 13.0 Å². The number of thiocarbonyl (C=S) groups is 1. The van der Waals surface area contributed by atoms with Crippen molar-refractivity contribution < 1.29 is 9.53 Å². The fourth-order valence-electron chi connectivity index (χ4n) is 2.02. The number of esters is 1. The molecule has 1 atom stereocenters. The topological polar surface area (TPSA) is 62.7 Å². The molecule has 6 heteroatoms. The molecule has 0 aromatic heterocycles. The second-order valence-electron chi connectivity index (χ2n) is 4.85. The van der Waals surface area contributed by atoms with Crippen LogP contribution in [0.2, 0.25) is 0 Å². The number of rotatable bonds is 6. The smallest absolute Gasteiger partial charge is 0.333 e. The largest absolute Gasteiger partial charge is 0.464 e. The van der Waals surface area contributed by atoms with Crippen molar-refractivity contribution in [1.82, 2.24) is 10.7 Å². The van der Waals surface area contributed by atoms with Crippen molar-refractivity contribution in [3.63, 3.8) is 0 Å². The molecule has 0 saturated heterocycles. The summed E-state index contributed by atoms with van der Waals surface area (Å²) in [5, 5.41) is 7.24. The fourth-order valence-corrected chi connectivity index (χ4v) is 2.19. The summed E-state index contributed by atoms with van der Waals surface area (Å²) in [6.45, 7) is 2.07. The third-order valence-corrected chi connectivity index (χ3v) is 3.32. The van der Waals surface area contributed by atoms with Crippen LogP contribution in [0.5, 0.6) is 0 Å². The van der Waals surface area contributed by atoms with Crippen molar-refractivity contribution >= 4 is 29.5 Å². The van der Waals surface area contributed by atoms with Gasteiger partial charge >= 0.3 is 5.97 Å². The zero-order valence-corrected chi connectivity index (χ0v) is 14.1. The van der Waals surface area contributed by atoms with Crippen LogP contribution in [0.1, 0.15) is 24.1 Å². The second kappa shape index (κ2) is 9.42. The monoisotopic (exact) mass is 341 g/mol. The number of benzene rings is 2. The Hall–Kier alpha value is -2.73. The molecule has 24 heavy (non-hydrogen) atoms. The van der Waals surface area contributed by atoms with Crippen LogP contribution in [-0.4, -0.2) is 23.9 Å². The van der Waals surface area contributed by atoms with E-state index in [-0.39, 0.29) is 11.1 Å². The predicted molar refractivity (Wildman–Crippen MR) is 98.7 cm³/mol. The van der Waals surface area contributed by atoms with Crippen molar-refractivity contribution in [3.8, 4) is 0 Å². The fraction of sp³-hybridized carbons (Fsp3) is 0.167. The minimum Gasteiger partial charge on any atom is -0.464 e. The highest BCUT2D eigenvalue weighted by Crippen LogP contribution is 2.14. The van der Waals surface area contributed by atoms with E-state index in [0.29, 0.717) is 6.61 Å². The molecule has 0 heterocycles. The molecule has 1 unspecified atom stereocenters. The summed E-state index contributed by atoms with van der Waals surface area (Å²) < 4.78 is 5.11. The molecule has 0 aliphatic heterocycles. The van der Waals surface area contributed by atoms with Crippen LogP contribution >= 0.6 is 12.2 Å². The summed E-state index contributed by atoms with van der Waals surface area (Å²) in [5.41, 5.74) is 4.42. The number of hydrogen-bond acceptors (Lipinski definition) is 4. The van der Waals surface area contributed by atoms with E-state index < -0.39 is 6.04 Å². The maximum atomic E-state index is 12.2. The van der Waals surface area contributed by atoms with Crippen molar-refractivity contribution in [2.24, 2.45) is 5.10 Å². The lowest BCUT2D eigenvalue weighted by molar-refractivity contribution is -0.145. The summed E-state index contributed by atoms with van der Waals surface area (Å²) >= 11 is 5.21. The molecule has 0 radical (unpaired) electrons. The number of nitrogens with zero attached hydrogens (tertiary/aromatic N) is 1. The van der Waals surface area contributed by atoms with Gasteiger partial charge in [-0.15, -0.1) is 0 Å². The highest BCUT2D eigenvalue weighted by Gasteiger charge is 2.22. The number of hydrogen-bond donors (Lipinski definition) is 2. The molecule has 0 spiro atoms. The molecule has 2 rings (SSSR count). The standard InChI is InChI=1S/C18H19N3O2S/c1-2-23-17(22)16(15-11-7-4-8-12-15)20-18(24)21-19-13-14-9-5-3-6-10-14/h3-13,16H,2H2,1H3,(H2,20,21,24). The van der Waals surface area contributed by atoms with Gasteiger partial charge in [0.05, 0.1) is 12.8 Å². The molecular weight excluding hydrogens is 322 g/mol. The van der Waals surface area contributed by atoms with Crippen molar-refractivity contribution in [3.05, 3.63) is 71.8 Å². The first-order valence-electron chi connectivity index (χ1n) is 7.57. The number of nitrogens with one attached hydrogen (secondary N) is 2. The van der Waals surface area contributed by atoms with E-state index in [4.69, 9.17) is 17.0 Å². The highest BCUT2D eigenvalue weighted by molar-refractivity contribution is 7.80. The van der Waals surface area contributed by atoms with Gasteiger partial charge < -0.3 is 10.1 Å². The number of carbonyl (C=O) groups excluding carboxylic acids is 1. The maximum absolute atomic E-state index is 12.2. The Labute approximate surface area is 146 Å². The van der Waals surface area contributed by atoms with Gasteiger partial charge in [-0.1, -0.05) is 60.7 Å². The molecule has 0 bridgehead atoms. The molecule has 2 aromatic carbocycles. The Bertz CT molecular complexity index is 690. The van der Waals surface area contributed by atoms with Crippen LogP contribution in [0.4, 0.5) is 0 Å². The van der Waals surface area contributed by atoms with Gasteiger partial charge in [0.25, 0.3) is 0 Å².